The smallest absolute Gasteiger partial charge is 0.251 e. The topological polar surface area (TPSA) is 80.3 Å². The molecule has 2 N–H and O–H groups in total. The van der Waals surface area contributed by atoms with E-state index in [2.05, 4.69) is 20.4 Å². The number of nitrogens with one attached hydrogen (secondary N) is 2. The molecule has 26 heavy (non-hydrogen) atoms. The number of alkyl halides is 1. The zero-order valence-corrected chi connectivity index (χ0v) is 13.8. The molecule has 1 aliphatic carbocycles. The molecule has 1 aromatic heterocycles. The molecular weight excluding hydrogens is 344 g/mol. The fourth-order valence-corrected chi connectivity index (χ4v) is 2.33. The van der Waals surface area contributed by atoms with Crippen LogP contribution >= 0.6 is 0 Å². The Balaban J connectivity index is 1.59. The van der Waals surface area contributed by atoms with Crippen LogP contribution in [-0.4, -0.2) is 23.7 Å². The number of hydrogen-bond acceptors (Lipinski definition) is 4. The van der Waals surface area contributed by atoms with Crippen LogP contribution in [0, 0.1) is 11.7 Å². The van der Waals surface area contributed by atoms with Crippen LogP contribution in [0.4, 0.5) is 14.6 Å². The van der Waals surface area contributed by atoms with Crippen molar-refractivity contribution in [2.75, 3.05) is 12.2 Å². The maximum atomic E-state index is 13.7. The van der Waals surface area contributed by atoms with E-state index in [1.165, 1.54) is 36.5 Å². The first kappa shape index (κ1) is 17.8. The van der Waals surface area contributed by atoms with Crippen molar-refractivity contribution >= 4 is 17.6 Å². The van der Waals surface area contributed by atoms with Crippen LogP contribution in [0.2, 0.25) is 0 Å². The van der Waals surface area contributed by atoms with Crippen molar-refractivity contribution in [2.24, 2.45) is 5.92 Å². The van der Waals surface area contributed by atoms with Crippen LogP contribution < -0.4 is 15.4 Å². The van der Waals surface area contributed by atoms with Gasteiger partial charge in [-0.1, -0.05) is 6.07 Å². The van der Waals surface area contributed by atoms with Crippen molar-refractivity contribution in [1.29, 1.82) is 0 Å². The number of pyridine rings is 1. The minimum Gasteiger partial charge on any atom is -0.460 e. The van der Waals surface area contributed by atoms with Gasteiger partial charge in [0.2, 0.25) is 12.8 Å². The van der Waals surface area contributed by atoms with Crippen LogP contribution in [0.25, 0.3) is 0 Å². The highest BCUT2D eigenvalue weighted by Gasteiger charge is 2.29. The second-order valence-electron chi connectivity index (χ2n) is 5.89. The largest absolute Gasteiger partial charge is 0.460 e. The van der Waals surface area contributed by atoms with E-state index in [1.807, 2.05) is 0 Å². The maximum Gasteiger partial charge on any atom is 0.251 e. The highest BCUT2D eigenvalue weighted by atomic mass is 19.1. The standard InChI is InChI=1S/C18H17F2N3O3/c19-10-26-15-4-1-11(7-14(15)20)9-22-17(24)13-5-6-21-16(8-13)23-18(25)12-2-3-12/h1,4-8,12H,2-3,9-10H2,(H,22,24)(H,21,23,25). The van der Waals surface area contributed by atoms with E-state index in [4.69, 9.17) is 0 Å². The highest BCUT2D eigenvalue weighted by molar-refractivity contribution is 5.97. The molecule has 0 aliphatic heterocycles. The van der Waals surface area contributed by atoms with E-state index in [9.17, 15) is 18.4 Å². The molecule has 0 atom stereocenters. The van der Waals surface area contributed by atoms with Crippen molar-refractivity contribution in [3.63, 3.8) is 0 Å². The van der Waals surface area contributed by atoms with Gasteiger partial charge in [-0.25, -0.2) is 13.8 Å². The van der Waals surface area contributed by atoms with Crippen molar-refractivity contribution in [1.82, 2.24) is 10.3 Å². The number of ether oxygens (including phenoxy) is 1. The number of rotatable bonds is 7. The van der Waals surface area contributed by atoms with Gasteiger partial charge in [0.15, 0.2) is 11.6 Å². The van der Waals surface area contributed by atoms with Gasteiger partial charge < -0.3 is 15.4 Å². The summed E-state index contributed by atoms with van der Waals surface area (Å²) >= 11 is 0. The number of carbonyl (C=O) groups excluding carboxylic acids is 2. The van der Waals surface area contributed by atoms with Gasteiger partial charge in [-0.2, -0.15) is 0 Å². The molecular formula is C18H17F2N3O3. The Hall–Kier alpha value is -3.03. The molecule has 1 heterocycles. The number of nitrogens with zero attached hydrogens (tertiary/aromatic N) is 1. The number of carbonyl (C=O) groups is 2. The van der Waals surface area contributed by atoms with E-state index in [1.54, 1.807) is 0 Å². The van der Waals surface area contributed by atoms with Crippen molar-refractivity contribution in [3.8, 4) is 5.75 Å². The van der Waals surface area contributed by atoms with E-state index in [0.717, 1.165) is 12.8 Å². The summed E-state index contributed by atoms with van der Waals surface area (Å²) < 4.78 is 30.2. The summed E-state index contributed by atoms with van der Waals surface area (Å²) in [7, 11) is 0. The Kier molecular flexibility index (Phi) is 5.40. The van der Waals surface area contributed by atoms with Gasteiger partial charge in [0.05, 0.1) is 0 Å². The lowest BCUT2D eigenvalue weighted by Gasteiger charge is -2.09. The molecule has 1 saturated carbocycles. The predicted octanol–water partition coefficient (Wildman–Crippen LogP) is 2.81. The molecule has 2 amide bonds. The molecule has 3 rings (SSSR count). The lowest BCUT2D eigenvalue weighted by Crippen LogP contribution is -2.23. The molecule has 0 radical (unpaired) electrons. The van der Waals surface area contributed by atoms with Crippen LogP contribution in [0.1, 0.15) is 28.8 Å². The van der Waals surface area contributed by atoms with Gasteiger partial charge in [0.1, 0.15) is 5.82 Å². The molecule has 2 aromatic rings. The molecule has 0 unspecified atom stereocenters. The third-order valence-electron chi connectivity index (χ3n) is 3.88. The molecule has 8 heteroatoms. The van der Waals surface area contributed by atoms with Gasteiger partial charge in [0.25, 0.3) is 5.91 Å². The average Bonchev–Trinajstić information content (AvgIpc) is 3.47. The number of benzene rings is 1. The summed E-state index contributed by atoms with van der Waals surface area (Å²) in [6.07, 6.45) is 3.18. The normalized spacial score (nSPS) is 13.2. The first-order valence-electron chi connectivity index (χ1n) is 8.09. The van der Waals surface area contributed by atoms with E-state index < -0.39 is 12.7 Å². The van der Waals surface area contributed by atoms with E-state index >= 15 is 0 Å². The predicted molar refractivity (Wildman–Crippen MR) is 89.8 cm³/mol. The van der Waals surface area contributed by atoms with Gasteiger partial charge in [-0.05, 0) is 42.7 Å². The molecule has 0 bridgehead atoms. The lowest BCUT2D eigenvalue weighted by molar-refractivity contribution is -0.117. The van der Waals surface area contributed by atoms with Crippen LogP contribution in [-0.2, 0) is 11.3 Å². The first-order valence-corrected chi connectivity index (χ1v) is 8.09. The van der Waals surface area contributed by atoms with Crippen molar-refractivity contribution < 1.29 is 23.1 Å². The molecule has 0 spiro atoms. The van der Waals surface area contributed by atoms with Gasteiger partial charge >= 0.3 is 0 Å². The lowest BCUT2D eigenvalue weighted by atomic mass is 10.2. The van der Waals surface area contributed by atoms with Gasteiger partial charge in [-0.15, -0.1) is 0 Å². The quantitative estimate of drug-likeness (QED) is 0.795. The summed E-state index contributed by atoms with van der Waals surface area (Å²) in [5.74, 6) is -1.03. The fourth-order valence-electron chi connectivity index (χ4n) is 2.33. The summed E-state index contributed by atoms with van der Waals surface area (Å²) in [5.41, 5.74) is 0.822. The summed E-state index contributed by atoms with van der Waals surface area (Å²) in [6, 6.07) is 6.99. The maximum absolute atomic E-state index is 13.7. The van der Waals surface area contributed by atoms with Gasteiger partial charge in [0, 0.05) is 24.2 Å². The van der Waals surface area contributed by atoms with Crippen LogP contribution in [0.15, 0.2) is 36.5 Å². The summed E-state index contributed by atoms with van der Waals surface area (Å²) in [6.45, 7) is -1.04. The number of aromatic nitrogens is 1. The number of anilines is 1. The first-order chi connectivity index (χ1) is 12.6. The Labute approximate surface area is 148 Å². The Morgan fingerprint density at radius 1 is 1.23 bits per heavy atom. The molecule has 1 aromatic carbocycles. The fraction of sp³-hybridized carbons (Fsp3) is 0.278. The minimum absolute atomic E-state index is 0.0357. The molecule has 1 aliphatic rings. The molecule has 136 valence electrons. The number of amides is 2. The monoisotopic (exact) mass is 361 g/mol. The Morgan fingerprint density at radius 3 is 2.73 bits per heavy atom. The van der Waals surface area contributed by atoms with Crippen molar-refractivity contribution in [2.45, 2.75) is 19.4 Å². The summed E-state index contributed by atoms with van der Waals surface area (Å²) in [5, 5.41) is 5.32. The van der Waals surface area contributed by atoms with E-state index in [0.29, 0.717) is 16.9 Å². The zero-order chi connectivity index (χ0) is 18.5. The number of hydrogen-bond donors (Lipinski definition) is 2. The number of halogens is 2. The van der Waals surface area contributed by atoms with Gasteiger partial charge in [-0.3, -0.25) is 9.59 Å². The molecule has 0 saturated heterocycles. The third kappa shape index (κ3) is 4.53. The zero-order valence-electron chi connectivity index (χ0n) is 13.8. The second kappa shape index (κ2) is 7.90. The minimum atomic E-state index is -1.12. The second-order valence-corrected chi connectivity index (χ2v) is 5.89. The SMILES string of the molecule is O=C(NCc1ccc(OCF)c(F)c1)c1ccnc(NC(=O)C2CC2)c1. The Morgan fingerprint density at radius 2 is 2.04 bits per heavy atom. The summed E-state index contributed by atoms with van der Waals surface area (Å²) in [4.78, 5) is 28.0. The van der Waals surface area contributed by atoms with Crippen LogP contribution in [0.5, 0.6) is 5.75 Å². The van der Waals surface area contributed by atoms with Crippen molar-refractivity contribution in [3.05, 3.63) is 53.5 Å². The van der Waals surface area contributed by atoms with Crippen LogP contribution in [0.3, 0.4) is 0 Å². The third-order valence-corrected chi connectivity index (χ3v) is 3.88. The van der Waals surface area contributed by atoms with E-state index in [-0.39, 0.29) is 30.0 Å². The molecule has 6 nitrogen and oxygen atoms in total. The Bertz CT molecular complexity index is 825. The molecule has 1 fully saturated rings. The average molecular weight is 361 g/mol. The highest BCUT2D eigenvalue weighted by Crippen LogP contribution is 2.30.